The minimum absolute atomic E-state index is 0.149. The molecule has 9 heteroatoms. The summed E-state index contributed by atoms with van der Waals surface area (Å²) in [5.74, 6) is 1.98. The molecule has 2 aromatic heterocycles. The number of aromatic nitrogens is 2. The molecule has 0 fully saturated rings. The molecule has 2 aromatic carbocycles. The first-order valence-electron chi connectivity index (χ1n) is 11.0. The highest BCUT2D eigenvalue weighted by Crippen LogP contribution is 2.43. The van der Waals surface area contributed by atoms with E-state index in [9.17, 15) is 4.79 Å². The van der Waals surface area contributed by atoms with E-state index < -0.39 is 0 Å². The van der Waals surface area contributed by atoms with Gasteiger partial charge < -0.3 is 28.1 Å². The van der Waals surface area contributed by atoms with Crippen LogP contribution >= 0.6 is 0 Å². The maximum Gasteiger partial charge on any atom is 0.232 e. The van der Waals surface area contributed by atoms with Gasteiger partial charge in [-0.2, -0.15) is 5.10 Å². The zero-order valence-corrected chi connectivity index (χ0v) is 20.8. The number of hydrogen-bond donors (Lipinski definition) is 0. The van der Waals surface area contributed by atoms with Crippen LogP contribution in [0, 0.1) is 6.92 Å². The molecule has 0 radical (unpaired) electrons. The topological polar surface area (TPSA) is 94.2 Å². The van der Waals surface area contributed by atoms with Crippen molar-refractivity contribution in [2.75, 3.05) is 28.4 Å². The van der Waals surface area contributed by atoms with Crippen LogP contribution in [0.25, 0.3) is 16.9 Å². The second-order valence-corrected chi connectivity index (χ2v) is 8.13. The van der Waals surface area contributed by atoms with Crippen molar-refractivity contribution in [2.45, 2.75) is 26.9 Å². The Morgan fingerprint density at radius 3 is 2.11 bits per heavy atom. The van der Waals surface area contributed by atoms with E-state index in [2.05, 4.69) is 5.10 Å². The van der Waals surface area contributed by atoms with Crippen molar-refractivity contribution in [1.82, 2.24) is 9.78 Å². The maximum atomic E-state index is 14.0. The number of ether oxygens (including phenoxy) is 5. The Balaban J connectivity index is 2.01. The molecule has 0 unspecified atom stereocenters. The number of fused-ring (bicyclic) bond motifs is 1. The van der Waals surface area contributed by atoms with Gasteiger partial charge in [-0.15, -0.1) is 0 Å². The van der Waals surface area contributed by atoms with E-state index >= 15 is 0 Å². The fourth-order valence-electron chi connectivity index (χ4n) is 3.87. The fraction of sp³-hybridized carbons (Fsp3) is 0.308. The van der Waals surface area contributed by atoms with Gasteiger partial charge in [0.15, 0.2) is 28.6 Å². The van der Waals surface area contributed by atoms with Crippen LogP contribution in [-0.2, 0) is 0 Å². The van der Waals surface area contributed by atoms with Crippen molar-refractivity contribution in [3.8, 4) is 34.6 Å². The quantitative estimate of drug-likeness (QED) is 0.310. The number of benzene rings is 2. The van der Waals surface area contributed by atoms with E-state index in [-0.39, 0.29) is 17.8 Å². The minimum Gasteiger partial charge on any atom is -0.493 e. The fourth-order valence-corrected chi connectivity index (χ4v) is 3.87. The third kappa shape index (κ3) is 4.25. The first-order chi connectivity index (χ1) is 16.8. The second-order valence-electron chi connectivity index (χ2n) is 8.13. The van der Waals surface area contributed by atoms with Crippen molar-refractivity contribution in [2.24, 2.45) is 0 Å². The summed E-state index contributed by atoms with van der Waals surface area (Å²) in [5, 5.41) is 4.93. The van der Waals surface area contributed by atoms with Crippen LogP contribution in [0.4, 0.5) is 0 Å². The van der Waals surface area contributed by atoms with E-state index in [1.165, 1.54) is 26.0 Å². The van der Waals surface area contributed by atoms with E-state index in [0.717, 1.165) is 5.56 Å². The summed E-state index contributed by atoms with van der Waals surface area (Å²) in [6.45, 7) is 5.71. The molecular weight excluding hydrogens is 452 g/mol. The molecule has 0 amide bonds. The number of ketones is 1. The van der Waals surface area contributed by atoms with Gasteiger partial charge in [-0.25, -0.2) is 4.68 Å². The number of carbonyl (C=O) groups excluding carboxylic acids is 1. The van der Waals surface area contributed by atoms with E-state index in [1.807, 2.05) is 20.8 Å². The third-order valence-corrected chi connectivity index (χ3v) is 5.41. The predicted molar refractivity (Wildman–Crippen MR) is 130 cm³/mol. The van der Waals surface area contributed by atoms with Crippen LogP contribution in [0.1, 0.15) is 35.3 Å². The summed E-state index contributed by atoms with van der Waals surface area (Å²) in [6.07, 6.45) is 3.32. The van der Waals surface area contributed by atoms with Gasteiger partial charge in [-0.3, -0.25) is 4.79 Å². The van der Waals surface area contributed by atoms with Crippen molar-refractivity contribution in [3.05, 3.63) is 53.3 Å². The Bertz CT molecular complexity index is 1360. The number of methoxy groups -OCH3 is 4. The van der Waals surface area contributed by atoms with Gasteiger partial charge in [0.1, 0.15) is 0 Å². The Hall–Kier alpha value is -4.14. The lowest BCUT2D eigenvalue weighted by atomic mass is 10.0. The predicted octanol–water partition coefficient (Wildman–Crippen LogP) is 4.98. The average Bonchev–Trinajstić information content (AvgIpc) is 3.46. The van der Waals surface area contributed by atoms with E-state index in [1.54, 1.807) is 43.8 Å². The second kappa shape index (κ2) is 9.61. The van der Waals surface area contributed by atoms with Crippen LogP contribution in [0.15, 0.2) is 41.1 Å². The molecule has 4 aromatic rings. The number of furan rings is 1. The molecule has 0 saturated heterocycles. The van der Waals surface area contributed by atoms with Gasteiger partial charge in [0, 0.05) is 17.1 Å². The standard InChI is InChI=1S/C26H28N2O7/c1-14(2)34-25-18(30-4)9-8-17-21(26(35-23(17)25)28-13-15(3)12-27-28)22(29)16-10-19(31-5)24(33-7)20(11-16)32-6/h8-14H,1-7H3. The van der Waals surface area contributed by atoms with Crippen LogP contribution in [-0.4, -0.2) is 50.1 Å². The van der Waals surface area contributed by atoms with Gasteiger partial charge in [-0.05, 0) is 50.6 Å². The summed E-state index contributed by atoms with van der Waals surface area (Å²) in [4.78, 5) is 14.0. The Morgan fingerprint density at radius 1 is 0.943 bits per heavy atom. The van der Waals surface area contributed by atoms with Crippen molar-refractivity contribution in [1.29, 1.82) is 0 Å². The first-order valence-corrected chi connectivity index (χ1v) is 11.0. The smallest absolute Gasteiger partial charge is 0.232 e. The lowest BCUT2D eigenvalue weighted by molar-refractivity contribution is 0.103. The van der Waals surface area contributed by atoms with Gasteiger partial charge in [-0.1, -0.05) is 0 Å². The normalized spacial score (nSPS) is 11.1. The molecule has 2 heterocycles. The maximum absolute atomic E-state index is 14.0. The highest BCUT2D eigenvalue weighted by atomic mass is 16.5. The largest absolute Gasteiger partial charge is 0.493 e. The molecule has 0 saturated carbocycles. The molecule has 184 valence electrons. The molecule has 9 nitrogen and oxygen atoms in total. The lowest BCUT2D eigenvalue weighted by Crippen LogP contribution is -2.08. The molecule has 0 N–H and O–H groups in total. The number of rotatable bonds is 9. The molecule has 0 spiro atoms. The van der Waals surface area contributed by atoms with Gasteiger partial charge >= 0.3 is 0 Å². The summed E-state index contributed by atoms with van der Waals surface area (Å²) < 4.78 is 35.6. The number of nitrogens with zero attached hydrogens (tertiary/aromatic N) is 2. The molecule has 0 bridgehead atoms. The summed E-state index contributed by atoms with van der Waals surface area (Å²) in [7, 11) is 6.06. The molecule has 0 atom stereocenters. The van der Waals surface area contributed by atoms with Crippen LogP contribution in [0.2, 0.25) is 0 Å². The zero-order chi connectivity index (χ0) is 25.3. The molecular formula is C26H28N2O7. The van der Waals surface area contributed by atoms with Crippen molar-refractivity contribution >= 4 is 16.8 Å². The molecule has 0 aliphatic carbocycles. The summed E-state index contributed by atoms with van der Waals surface area (Å²) in [5.41, 5.74) is 1.94. The molecule has 0 aliphatic heterocycles. The lowest BCUT2D eigenvalue weighted by Gasteiger charge is -2.14. The highest BCUT2D eigenvalue weighted by Gasteiger charge is 2.29. The molecule has 35 heavy (non-hydrogen) atoms. The first kappa shape index (κ1) is 24.0. The zero-order valence-electron chi connectivity index (χ0n) is 20.8. The number of hydrogen-bond acceptors (Lipinski definition) is 8. The molecule has 0 aliphatic rings. The summed E-state index contributed by atoms with van der Waals surface area (Å²) in [6, 6.07) is 6.74. The minimum atomic E-state index is -0.313. The van der Waals surface area contributed by atoms with Gasteiger partial charge in [0.05, 0.1) is 46.3 Å². The van der Waals surface area contributed by atoms with Crippen molar-refractivity contribution < 1.29 is 32.9 Å². The van der Waals surface area contributed by atoms with Gasteiger partial charge in [0.25, 0.3) is 0 Å². The van der Waals surface area contributed by atoms with Crippen LogP contribution in [0.5, 0.6) is 28.7 Å². The van der Waals surface area contributed by atoms with Crippen LogP contribution < -0.4 is 23.7 Å². The number of aryl methyl sites for hydroxylation is 1. The number of carbonyl (C=O) groups is 1. The van der Waals surface area contributed by atoms with Crippen LogP contribution in [0.3, 0.4) is 0 Å². The Kier molecular flexibility index (Phi) is 6.59. The Morgan fingerprint density at radius 2 is 1.60 bits per heavy atom. The Labute approximate surface area is 203 Å². The average molecular weight is 481 g/mol. The monoisotopic (exact) mass is 480 g/mol. The SMILES string of the molecule is COc1cc(C(=O)c2c(-n3cc(C)cn3)oc3c(OC(C)C)c(OC)ccc23)cc(OC)c1OC. The summed E-state index contributed by atoms with van der Waals surface area (Å²) >= 11 is 0. The van der Waals surface area contributed by atoms with E-state index in [4.69, 9.17) is 28.1 Å². The highest BCUT2D eigenvalue weighted by molar-refractivity contribution is 6.19. The molecule has 4 rings (SSSR count). The van der Waals surface area contributed by atoms with Gasteiger partial charge in [0.2, 0.25) is 17.4 Å². The van der Waals surface area contributed by atoms with Crippen molar-refractivity contribution in [3.63, 3.8) is 0 Å². The van der Waals surface area contributed by atoms with E-state index in [0.29, 0.717) is 50.8 Å². The third-order valence-electron chi connectivity index (χ3n) is 5.41.